The number of piperidine rings is 1. The molecular weight excluding hydrogens is 303 g/mol. The molecule has 1 aromatic heterocycles. The molecule has 122 valence electrons. The third kappa shape index (κ3) is 5.14. The maximum atomic E-state index is 12.1. The highest BCUT2D eigenvalue weighted by Gasteiger charge is 2.35. The molecule has 1 aliphatic rings. The number of H-pyrrole nitrogens is 1. The number of ether oxygens (including phenoxy) is 1. The topological polar surface area (TPSA) is 75.3 Å². The Morgan fingerprint density at radius 1 is 1.36 bits per heavy atom. The molecule has 9 heteroatoms. The summed E-state index contributed by atoms with van der Waals surface area (Å²) in [6, 6.07) is 2.86. The number of hydrogen-bond donors (Lipinski definition) is 1. The monoisotopic (exact) mass is 319 g/mol. The number of nitrogens with zero attached hydrogens (tertiary/aromatic N) is 2. The lowest BCUT2D eigenvalue weighted by Crippen LogP contribution is -2.42. The fourth-order valence-corrected chi connectivity index (χ4v) is 2.32. The SMILES string of the molecule is O=C(CCc1ccc(=O)[nH]n1)N1CCC(OC(F)(F)F)CC1. The minimum absolute atomic E-state index is 0.140. The minimum Gasteiger partial charge on any atom is -0.342 e. The Labute approximate surface area is 124 Å². The lowest BCUT2D eigenvalue weighted by molar-refractivity contribution is -0.345. The van der Waals surface area contributed by atoms with Gasteiger partial charge in [0, 0.05) is 32.0 Å². The van der Waals surface area contributed by atoms with Crippen molar-refractivity contribution >= 4 is 5.91 Å². The Morgan fingerprint density at radius 2 is 2.05 bits per heavy atom. The van der Waals surface area contributed by atoms with Gasteiger partial charge in [-0.05, 0) is 18.9 Å². The first kappa shape index (κ1) is 16.5. The van der Waals surface area contributed by atoms with Crippen molar-refractivity contribution in [2.45, 2.75) is 38.1 Å². The van der Waals surface area contributed by atoms with E-state index in [0.29, 0.717) is 12.1 Å². The lowest BCUT2D eigenvalue weighted by Gasteiger charge is -2.32. The maximum Gasteiger partial charge on any atom is 0.522 e. The van der Waals surface area contributed by atoms with Gasteiger partial charge in [-0.2, -0.15) is 5.10 Å². The first-order valence-electron chi connectivity index (χ1n) is 6.90. The number of alkyl halides is 3. The molecule has 0 radical (unpaired) electrons. The zero-order valence-corrected chi connectivity index (χ0v) is 11.7. The van der Waals surface area contributed by atoms with Crippen LogP contribution in [0.15, 0.2) is 16.9 Å². The van der Waals surface area contributed by atoms with Crippen molar-refractivity contribution in [3.05, 3.63) is 28.2 Å². The number of carbonyl (C=O) groups excluding carboxylic acids is 1. The molecule has 0 bridgehead atoms. The van der Waals surface area contributed by atoms with Crippen molar-refractivity contribution in [1.82, 2.24) is 15.1 Å². The van der Waals surface area contributed by atoms with E-state index in [1.54, 1.807) is 0 Å². The summed E-state index contributed by atoms with van der Waals surface area (Å²) < 4.78 is 40.3. The predicted molar refractivity (Wildman–Crippen MR) is 69.9 cm³/mol. The molecule has 0 saturated carbocycles. The Morgan fingerprint density at radius 3 is 2.59 bits per heavy atom. The summed E-state index contributed by atoms with van der Waals surface area (Å²) in [6.07, 6.45) is -4.61. The van der Waals surface area contributed by atoms with Gasteiger partial charge in [-0.1, -0.05) is 0 Å². The number of carbonyl (C=O) groups is 1. The van der Waals surface area contributed by atoms with Crippen LogP contribution in [-0.4, -0.2) is 46.6 Å². The van der Waals surface area contributed by atoms with Crippen LogP contribution in [0.5, 0.6) is 0 Å². The number of aryl methyl sites for hydroxylation is 1. The molecule has 1 N–H and O–H groups in total. The molecule has 1 fully saturated rings. The van der Waals surface area contributed by atoms with Crippen LogP contribution >= 0.6 is 0 Å². The smallest absolute Gasteiger partial charge is 0.342 e. The highest BCUT2D eigenvalue weighted by atomic mass is 19.4. The average Bonchev–Trinajstić information content (AvgIpc) is 2.45. The molecule has 1 amide bonds. The Balaban J connectivity index is 1.75. The Bertz CT molecular complexity index is 545. The molecule has 0 atom stereocenters. The summed E-state index contributed by atoms with van der Waals surface area (Å²) in [6.45, 7) is 0.497. The molecule has 0 aliphatic carbocycles. The largest absolute Gasteiger partial charge is 0.522 e. The van der Waals surface area contributed by atoms with Crippen LogP contribution in [-0.2, 0) is 16.0 Å². The van der Waals surface area contributed by atoms with Crippen LogP contribution in [0.2, 0.25) is 0 Å². The van der Waals surface area contributed by atoms with E-state index in [1.807, 2.05) is 0 Å². The second-order valence-electron chi connectivity index (χ2n) is 5.06. The van der Waals surface area contributed by atoms with Crippen LogP contribution in [0.4, 0.5) is 13.2 Å². The first-order valence-corrected chi connectivity index (χ1v) is 6.90. The van der Waals surface area contributed by atoms with E-state index in [0.717, 1.165) is 0 Å². The minimum atomic E-state index is -4.63. The highest BCUT2D eigenvalue weighted by molar-refractivity contribution is 5.76. The third-order valence-corrected chi connectivity index (χ3v) is 3.43. The van der Waals surface area contributed by atoms with Gasteiger partial charge in [0.25, 0.3) is 5.56 Å². The summed E-state index contributed by atoms with van der Waals surface area (Å²) in [5.74, 6) is -0.140. The van der Waals surface area contributed by atoms with Crippen molar-refractivity contribution in [2.24, 2.45) is 0 Å². The quantitative estimate of drug-likeness (QED) is 0.906. The molecule has 2 heterocycles. The van der Waals surface area contributed by atoms with Gasteiger partial charge in [0.2, 0.25) is 5.91 Å². The molecule has 0 aromatic carbocycles. The van der Waals surface area contributed by atoms with Gasteiger partial charge < -0.3 is 4.90 Å². The van der Waals surface area contributed by atoms with Gasteiger partial charge in [0.05, 0.1) is 11.8 Å². The normalized spacial score (nSPS) is 16.8. The van der Waals surface area contributed by atoms with Crippen LogP contribution in [0.25, 0.3) is 0 Å². The van der Waals surface area contributed by atoms with Gasteiger partial charge in [-0.15, -0.1) is 13.2 Å². The Kier molecular flexibility index (Phi) is 5.17. The summed E-state index contributed by atoms with van der Waals surface area (Å²) in [5.41, 5.74) is 0.269. The van der Waals surface area contributed by atoms with E-state index in [-0.39, 0.29) is 43.8 Å². The van der Waals surface area contributed by atoms with Crippen molar-refractivity contribution in [2.75, 3.05) is 13.1 Å². The van der Waals surface area contributed by atoms with Crippen LogP contribution in [0, 0.1) is 0 Å². The molecule has 2 rings (SSSR count). The summed E-state index contributed by atoms with van der Waals surface area (Å²) in [4.78, 5) is 24.4. The number of aromatic amines is 1. The van der Waals surface area contributed by atoms with Gasteiger partial charge in [-0.25, -0.2) is 5.10 Å². The summed E-state index contributed by atoms with van der Waals surface area (Å²) in [7, 11) is 0. The molecule has 1 aromatic rings. The van der Waals surface area contributed by atoms with E-state index < -0.39 is 12.5 Å². The number of nitrogens with one attached hydrogen (secondary N) is 1. The molecule has 22 heavy (non-hydrogen) atoms. The average molecular weight is 319 g/mol. The number of rotatable bonds is 4. The molecule has 0 spiro atoms. The van der Waals surface area contributed by atoms with Crippen molar-refractivity contribution in [3.8, 4) is 0 Å². The number of halogens is 3. The number of amides is 1. The third-order valence-electron chi connectivity index (χ3n) is 3.43. The molecule has 6 nitrogen and oxygen atoms in total. The Hall–Kier alpha value is -1.90. The fraction of sp³-hybridized carbons (Fsp3) is 0.615. The van der Waals surface area contributed by atoms with Gasteiger partial charge in [0.15, 0.2) is 0 Å². The second kappa shape index (κ2) is 6.91. The van der Waals surface area contributed by atoms with E-state index in [2.05, 4.69) is 14.9 Å². The summed E-state index contributed by atoms with van der Waals surface area (Å²) in [5, 5.41) is 6.07. The van der Waals surface area contributed by atoms with Crippen molar-refractivity contribution < 1.29 is 22.7 Å². The van der Waals surface area contributed by atoms with E-state index in [9.17, 15) is 22.8 Å². The van der Waals surface area contributed by atoms with Crippen LogP contribution in [0.1, 0.15) is 25.0 Å². The molecular formula is C13H16F3N3O3. The van der Waals surface area contributed by atoms with Crippen molar-refractivity contribution in [1.29, 1.82) is 0 Å². The highest BCUT2D eigenvalue weighted by Crippen LogP contribution is 2.24. The van der Waals surface area contributed by atoms with E-state index in [4.69, 9.17) is 0 Å². The second-order valence-corrected chi connectivity index (χ2v) is 5.06. The van der Waals surface area contributed by atoms with Gasteiger partial charge in [-0.3, -0.25) is 14.3 Å². The van der Waals surface area contributed by atoms with Gasteiger partial charge >= 0.3 is 6.36 Å². The number of hydrogen-bond acceptors (Lipinski definition) is 4. The van der Waals surface area contributed by atoms with Crippen LogP contribution in [0.3, 0.4) is 0 Å². The van der Waals surface area contributed by atoms with E-state index >= 15 is 0 Å². The predicted octanol–water partition coefficient (Wildman–Crippen LogP) is 1.23. The van der Waals surface area contributed by atoms with Gasteiger partial charge in [0.1, 0.15) is 0 Å². The molecule has 1 aliphatic heterocycles. The molecule has 1 saturated heterocycles. The molecule has 0 unspecified atom stereocenters. The fourth-order valence-electron chi connectivity index (χ4n) is 2.32. The standard InChI is InChI=1S/C13H16F3N3O3/c14-13(15,16)22-10-5-7-19(8-6-10)12(21)4-2-9-1-3-11(20)18-17-9/h1,3,10H,2,4-8H2,(H,18,20). The lowest BCUT2D eigenvalue weighted by atomic mass is 10.1. The maximum absolute atomic E-state index is 12.1. The van der Waals surface area contributed by atoms with Crippen molar-refractivity contribution in [3.63, 3.8) is 0 Å². The van der Waals surface area contributed by atoms with E-state index in [1.165, 1.54) is 17.0 Å². The first-order chi connectivity index (χ1) is 10.3. The summed E-state index contributed by atoms with van der Waals surface area (Å²) >= 11 is 0. The number of likely N-dealkylation sites (tertiary alicyclic amines) is 1. The zero-order chi connectivity index (χ0) is 16.2. The zero-order valence-electron chi connectivity index (χ0n) is 11.7. The van der Waals surface area contributed by atoms with Crippen LogP contribution < -0.4 is 5.56 Å². The number of aromatic nitrogens is 2.